The van der Waals surface area contributed by atoms with E-state index in [1.165, 1.54) is 32.3 Å². The molecule has 0 aliphatic heterocycles. The van der Waals surface area contributed by atoms with Crippen molar-refractivity contribution in [3.8, 4) is 5.75 Å². The standard InChI is InChI=1S/C18H16O5/c1-12(19)16(13(2)20)8-15-9-17(21)18(11-22-15)23-10-14-6-4-3-5-7-14/h3-9,11H,10H2,1-2H3. The van der Waals surface area contributed by atoms with Crippen molar-refractivity contribution >= 4 is 17.6 Å². The second-order valence-corrected chi connectivity index (χ2v) is 4.96. The van der Waals surface area contributed by atoms with Crippen molar-refractivity contribution in [2.24, 2.45) is 0 Å². The number of allylic oxidation sites excluding steroid dienone is 1. The molecular formula is C18H16O5. The van der Waals surface area contributed by atoms with Gasteiger partial charge in [-0.15, -0.1) is 0 Å². The maximum atomic E-state index is 12.0. The fraction of sp³-hybridized carbons (Fsp3) is 0.167. The molecule has 0 fully saturated rings. The third-order valence-corrected chi connectivity index (χ3v) is 3.10. The minimum Gasteiger partial charge on any atom is -0.482 e. The van der Waals surface area contributed by atoms with Gasteiger partial charge in [-0.2, -0.15) is 0 Å². The van der Waals surface area contributed by atoms with Crippen LogP contribution < -0.4 is 10.2 Å². The Balaban J connectivity index is 2.18. The van der Waals surface area contributed by atoms with Gasteiger partial charge >= 0.3 is 0 Å². The number of ether oxygens (including phenoxy) is 1. The van der Waals surface area contributed by atoms with Crippen molar-refractivity contribution in [2.45, 2.75) is 20.5 Å². The van der Waals surface area contributed by atoms with Crippen LogP contribution in [0.5, 0.6) is 5.75 Å². The maximum absolute atomic E-state index is 12.0. The predicted molar refractivity (Wildman–Crippen MR) is 85.1 cm³/mol. The normalized spacial score (nSPS) is 10.0. The van der Waals surface area contributed by atoms with E-state index in [1.807, 2.05) is 30.3 Å². The van der Waals surface area contributed by atoms with Gasteiger partial charge in [-0.1, -0.05) is 30.3 Å². The molecule has 1 heterocycles. The second kappa shape index (κ2) is 7.35. The zero-order chi connectivity index (χ0) is 16.8. The van der Waals surface area contributed by atoms with E-state index in [4.69, 9.17) is 9.15 Å². The van der Waals surface area contributed by atoms with Gasteiger partial charge in [-0.3, -0.25) is 14.4 Å². The molecule has 2 aromatic rings. The average Bonchev–Trinajstić information content (AvgIpc) is 2.52. The average molecular weight is 312 g/mol. The fourth-order valence-corrected chi connectivity index (χ4v) is 1.92. The third-order valence-electron chi connectivity index (χ3n) is 3.10. The summed E-state index contributed by atoms with van der Waals surface area (Å²) in [5.41, 5.74) is 0.516. The molecule has 118 valence electrons. The maximum Gasteiger partial charge on any atom is 0.227 e. The largest absolute Gasteiger partial charge is 0.482 e. The van der Waals surface area contributed by atoms with E-state index in [-0.39, 0.29) is 40.7 Å². The summed E-state index contributed by atoms with van der Waals surface area (Å²) < 4.78 is 10.7. The zero-order valence-electron chi connectivity index (χ0n) is 12.9. The van der Waals surface area contributed by atoms with Crippen LogP contribution in [0.3, 0.4) is 0 Å². The number of benzene rings is 1. The predicted octanol–water partition coefficient (Wildman–Crippen LogP) is 2.78. The zero-order valence-corrected chi connectivity index (χ0v) is 12.9. The molecule has 0 saturated heterocycles. The van der Waals surface area contributed by atoms with Gasteiger partial charge in [-0.05, 0) is 25.5 Å². The topological polar surface area (TPSA) is 73.6 Å². The quantitative estimate of drug-likeness (QED) is 0.466. The van der Waals surface area contributed by atoms with Crippen LogP contribution in [-0.2, 0) is 16.2 Å². The second-order valence-electron chi connectivity index (χ2n) is 4.96. The van der Waals surface area contributed by atoms with Crippen LogP contribution in [-0.4, -0.2) is 11.6 Å². The van der Waals surface area contributed by atoms with E-state index in [1.54, 1.807) is 0 Å². The minimum atomic E-state index is -0.385. The lowest BCUT2D eigenvalue weighted by Gasteiger charge is -2.05. The summed E-state index contributed by atoms with van der Waals surface area (Å²) in [7, 11) is 0. The van der Waals surface area contributed by atoms with E-state index in [2.05, 4.69) is 0 Å². The van der Waals surface area contributed by atoms with Crippen molar-refractivity contribution in [1.82, 2.24) is 0 Å². The van der Waals surface area contributed by atoms with Crippen molar-refractivity contribution < 1.29 is 18.7 Å². The van der Waals surface area contributed by atoms with E-state index < -0.39 is 0 Å². The summed E-state index contributed by atoms with van der Waals surface area (Å²) in [6.45, 7) is 2.80. The lowest BCUT2D eigenvalue weighted by atomic mass is 10.1. The Bertz CT molecular complexity index is 784. The molecule has 1 aromatic heterocycles. The summed E-state index contributed by atoms with van der Waals surface area (Å²) in [6, 6.07) is 10.6. The number of Topliss-reactive ketones (excluding diaryl/α,β-unsaturated/α-hetero) is 2. The van der Waals surface area contributed by atoms with Crippen LogP contribution in [0.1, 0.15) is 25.2 Å². The van der Waals surface area contributed by atoms with Gasteiger partial charge in [0.25, 0.3) is 0 Å². The first-order chi connectivity index (χ1) is 11.0. The van der Waals surface area contributed by atoms with Crippen LogP contribution in [0.4, 0.5) is 0 Å². The molecule has 23 heavy (non-hydrogen) atoms. The van der Waals surface area contributed by atoms with Crippen LogP contribution in [0.15, 0.2) is 57.4 Å². The third kappa shape index (κ3) is 4.51. The molecule has 0 spiro atoms. The Hall–Kier alpha value is -2.95. The first-order valence-electron chi connectivity index (χ1n) is 7.00. The van der Waals surface area contributed by atoms with Gasteiger partial charge in [0.05, 0.1) is 5.57 Å². The Morgan fingerprint density at radius 2 is 1.78 bits per heavy atom. The summed E-state index contributed by atoms with van der Waals surface area (Å²) >= 11 is 0. The van der Waals surface area contributed by atoms with E-state index in [0.717, 1.165) is 5.56 Å². The summed E-state index contributed by atoms with van der Waals surface area (Å²) in [5.74, 6) is -0.574. The van der Waals surface area contributed by atoms with Crippen molar-refractivity contribution in [2.75, 3.05) is 0 Å². The molecule has 0 aliphatic carbocycles. The summed E-state index contributed by atoms with van der Waals surface area (Å²) in [6.07, 6.45) is 2.43. The first-order valence-corrected chi connectivity index (χ1v) is 7.00. The number of carbonyl (C=O) groups excluding carboxylic acids is 2. The SMILES string of the molecule is CC(=O)C(=Cc1cc(=O)c(OCc2ccccc2)co1)C(C)=O. The highest BCUT2D eigenvalue weighted by atomic mass is 16.5. The molecule has 1 aromatic carbocycles. The van der Waals surface area contributed by atoms with Crippen LogP contribution in [0.2, 0.25) is 0 Å². The Kier molecular flexibility index (Phi) is 5.25. The highest BCUT2D eigenvalue weighted by Crippen LogP contribution is 2.12. The molecule has 0 unspecified atom stereocenters. The number of carbonyl (C=O) groups is 2. The number of hydrogen-bond acceptors (Lipinski definition) is 5. The van der Waals surface area contributed by atoms with Crippen LogP contribution in [0.25, 0.3) is 6.08 Å². The van der Waals surface area contributed by atoms with E-state index >= 15 is 0 Å². The van der Waals surface area contributed by atoms with Gasteiger partial charge in [0, 0.05) is 6.07 Å². The molecule has 5 nitrogen and oxygen atoms in total. The van der Waals surface area contributed by atoms with Crippen molar-refractivity contribution in [1.29, 1.82) is 0 Å². The fourth-order valence-electron chi connectivity index (χ4n) is 1.92. The van der Waals surface area contributed by atoms with Crippen LogP contribution >= 0.6 is 0 Å². The smallest absolute Gasteiger partial charge is 0.227 e. The Labute approximate surface area is 133 Å². The van der Waals surface area contributed by atoms with Gasteiger partial charge in [0.15, 0.2) is 11.6 Å². The van der Waals surface area contributed by atoms with Gasteiger partial charge in [-0.25, -0.2) is 0 Å². The molecule has 0 N–H and O–H groups in total. The number of ketones is 2. The van der Waals surface area contributed by atoms with Gasteiger partial charge in [0.2, 0.25) is 11.2 Å². The molecule has 0 atom stereocenters. The molecule has 0 saturated carbocycles. The minimum absolute atomic E-state index is 0.0221. The van der Waals surface area contributed by atoms with Crippen molar-refractivity contribution in [3.05, 3.63) is 69.8 Å². The van der Waals surface area contributed by atoms with E-state index in [9.17, 15) is 14.4 Å². The lowest BCUT2D eigenvalue weighted by molar-refractivity contribution is -0.119. The number of hydrogen-bond donors (Lipinski definition) is 0. The Morgan fingerprint density at radius 1 is 1.13 bits per heavy atom. The van der Waals surface area contributed by atoms with Crippen LogP contribution in [0, 0.1) is 0 Å². The highest BCUT2D eigenvalue weighted by molar-refractivity contribution is 6.21. The first kappa shape index (κ1) is 16.4. The summed E-state index contributed by atoms with van der Waals surface area (Å²) in [5, 5.41) is 0. The van der Waals surface area contributed by atoms with E-state index in [0.29, 0.717) is 0 Å². The molecule has 0 bridgehead atoms. The monoisotopic (exact) mass is 312 g/mol. The van der Waals surface area contributed by atoms with Gasteiger partial charge in [0.1, 0.15) is 18.6 Å². The Morgan fingerprint density at radius 3 is 2.35 bits per heavy atom. The number of rotatable bonds is 6. The molecular weight excluding hydrogens is 296 g/mol. The van der Waals surface area contributed by atoms with Gasteiger partial charge < -0.3 is 9.15 Å². The molecule has 5 heteroatoms. The molecule has 0 radical (unpaired) electrons. The molecule has 0 aliphatic rings. The highest BCUT2D eigenvalue weighted by Gasteiger charge is 2.11. The van der Waals surface area contributed by atoms with Crippen molar-refractivity contribution in [3.63, 3.8) is 0 Å². The molecule has 2 rings (SSSR count). The lowest BCUT2D eigenvalue weighted by Crippen LogP contribution is -2.08. The summed E-state index contributed by atoms with van der Waals surface area (Å²) in [4.78, 5) is 34.7. The molecule has 0 amide bonds.